The van der Waals surface area contributed by atoms with Gasteiger partial charge in [-0.15, -0.1) is 0 Å². The van der Waals surface area contributed by atoms with Crippen LogP contribution in [0.4, 0.5) is 5.82 Å². The first kappa shape index (κ1) is 13.7. The third kappa shape index (κ3) is 3.56. The van der Waals surface area contributed by atoms with Gasteiger partial charge in [0.25, 0.3) is 0 Å². The Kier molecular flexibility index (Phi) is 4.69. The molecule has 1 aromatic heterocycles. The summed E-state index contributed by atoms with van der Waals surface area (Å²) in [5.41, 5.74) is 0.855. The summed E-state index contributed by atoms with van der Waals surface area (Å²) in [6.45, 7) is 6.26. The average molecular weight is 257 g/mol. The van der Waals surface area contributed by atoms with Crippen LogP contribution in [-0.4, -0.2) is 40.4 Å². The van der Waals surface area contributed by atoms with E-state index in [1.54, 1.807) is 25.1 Å². The number of anilines is 1. The lowest BCUT2D eigenvalue weighted by atomic mass is 10.2. The minimum Gasteiger partial charge on any atom is -0.358 e. The second kappa shape index (κ2) is 5.82. The Labute approximate surface area is 106 Å². The monoisotopic (exact) mass is 256 g/mol. The summed E-state index contributed by atoms with van der Waals surface area (Å²) in [5.74, 6) is 0.608. The highest BCUT2D eigenvalue weighted by molar-refractivity contribution is 6.28. The molecule has 6 heteroatoms. The number of aromatic nitrogens is 2. The fraction of sp³-hybridized carbons (Fsp3) is 0.545. The molecule has 0 radical (unpaired) electrons. The van der Waals surface area contributed by atoms with Gasteiger partial charge in [-0.1, -0.05) is 0 Å². The van der Waals surface area contributed by atoms with E-state index in [0.29, 0.717) is 12.4 Å². The molecule has 1 amide bonds. The minimum atomic E-state index is -0.343. The van der Waals surface area contributed by atoms with Crippen molar-refractivity contribution in [3.05, 3.63) is 17.0 Å². The molecule has 1 N–H and O–H groups in total. The van der Waals surface area contributed by atoms with E-state index < -0.39 is 0 Å². The predicted molar refractivity (Wildman–Crippen MR) is 68.2 cm³/mol. The van der Waals surface area contributed by atoms with Crippen molar-refractivity contribution >= 4 is 23.3 Å². The lowest BCUT2D eigenvalue weighted by Crippen LogP contribution is -2.39. The summed E-state index contributed by atoms with van der Waals surface area (Å²) in [6.07, 6.45) is 1.62. The largest absolute Gasteiger partial charge is 0.358 e. The van der Waals surface area contributed by atoms with Crippen LogP contribution in [0.1, 0.15) is 19.4 Å². The van der Waals surface area contributed by atoms with Crippen molar-refractivity contribution in [1.29, 1.82) is 0 Å². The first-order chi connectivity index (χ1) is 7.95. The topological polar surface area (TPSA) is 58.1 Å². The highest BCUT2D eigenvalue weighted by atomic mass is 35.5. The summed E-state index contributed by atoms with van der Waals surface area (Å²) in [6, 6.07) is -0.343. The van der Waals surface area contributed by atoms with Gasteiger partial charge in [0, 0.05) is 25.4 Å². The van der Waals surface area contributed by atoms with Gasteiger partial charge in [-0.2, -0.15) is 0 Å². The van der Waals surface area contributed by atoms with Gasteiger partial charge in [0.15, 0.2) is 0 Å². The third-order valence-corrected chi connectivity index (χ3v) is 2.70. The average Bonchev–Trinajstić information content (AvgIpc) is 2.31. The van der Waals surface area contributed by atoms with Gasteiger partial charge in [0.05, 0.1) is 0 Å². The molecule has 0 saturated carbocycles. The number of hydrogen-bond donors (Lipinski definition) is 1. The summed E-state index contributed by atoms with van der Waals surface area (Å²) in [7, 11) is 1.76. The molecule has 0 fully saturated rings. The Bertz CT molecular complexity index is 410. The third-order valence-electron chi connectivity index (χ3n) is 2.52. The summed E-state index contributed by atoms with van der Waals surface area (Å²) >= 11 is 5.71. The number of likely N-dealkylation sites (N-methyl/N-ethyl adjacent to an activating group) is 1. The van der Waals surface area contributed by atoms with Crippen LogP contribution in [0, 0.1) is 6.92 Å². The normalized spacial score (nSPS) is 12.1. The number of carbonyl (C=O) groups excluding carboxylic acids is 1. The van der Waals surface area contributed by atoms with Gasteiger partial charge >= 0.3 is 0 Å². The SMILES string of the molecule is CCN(C)C(=O)C(C)Nc1nc(Cl)ncc1C. The van der Waals surface area contributed by atoms with E-state index in [2.05, 4.69) is 15.3 Å². The number of nitrogens with one attached hydrogen (secondary N) is 1. The zero-order valence-electron chi connectivity index (χ0n) is 10.5. The molecule has 5 nitrogen and oxygen atoms in total. The van der Waals surface area contributed by atoms with Gasteiger partial charge in [0.1, 0.15) is 11.9 Å². The number of aryl methyl sites for hydroxylation is 1. The molecule has 0 aliphatic carbocycles. The van der Waals surface area contributed by atoms with E-state index in [9.17, 15) is 4.79 Å². The predicted octanol–water partition coefficient (Wildman–Crippen LogP) is 1.72. The number of rotatable bonds is 4. The number of nitrogens with zero attached hydrogens (tertiary/aromatic N) is 3. The van der Waals surface area contributed by atoms with E-state index in [-0.39, 0.29) is 17.2 Å². The lowest BCUT2D eigenvalue weighted by Gasteiger charge is -2.21. The maximum Gasteiger partial charge on any atom is 0.244 e. The molecule has 0 aliphatic heterocycles. The highest BCUT2D eigenvalue weighted by Gasteiger charge is 2.17. The first-order valence-electron chi connectivity index (χ1n) is 5.46. The zero-order chi connectivity index (χ0) is 13.0. The second-order valence-corrected chi connectivity index (χ2v) is 4.23. The molecule has 1 rings (SSSR count). The van der Waals surface area contributed by atoms with E-state index in [1.165, 1.54) is 0 Å². The van der Waals surface area contributed by atoms with E-state index in [4.69, 9.17) is 11.6 Å². The fourth-order valence-electron chi connectivity index (χ4n) is 1.32. The Balaban J connectivity index is 2.77. The van der Waals surface area contributed by atoms with Crippen molar-refractivity contribution in [1.82, 2.24) is 14.9 Å². The molecule has 1 unspecified atom stereocenters. The Hall–Kier alpha value is -1.36. The summed E-state index contributed by atoms with van der Waals surface area (Å²) in [5, 5.41) is 3.21. The van der Waals surface area contributed by atoms with Crippen LogP contribution in [0.3, 0.4) is 0 Å². The van der Waals surface area contributed by atoms with Gasteiger partial charge in [-0.05, 0) is 32.4 Å². The van der Waals surface area contributed by atoms with E-state index >= 15 is 0 Å². The van der Waals surface area contributed by atoms with Gasteiger partial charge in [-0.3, -0.25) is 4.79 Å². The maximum absolute atomic E-state index is 11.9. The lowest BCUT2D eigenvalue weighted by molar-refractivity contribution is -0.130. The van der Waals surface area contributed by atoms with Crippen molar-refractivity contribution in [3.63, 3.8) is 0 Å². The van der Waals surface area contributed by atoms with Crippen LogP contribution < -0.4 is 5.32 Å². The van der Waals surface area contributed by atoms with Crippen LogP contribution in [0.2, 0.25) is 5.28 Å². The number of halogens is 1. The summed E-state index contributed by atoms with van der Waals surface area (Å²) in [4.78, 5) is 21.4. The highest BCUT2D eigenvalue weighted by Crippen LogP contribution is 2.14. The number of amides is 1. The molecular formula is C11H17ClN4O. The molecule has 0 bridgehead atoms. The van der Waals surface area contributed by atoms with Crippen LogP contribution in [0.5, 0.6) is 0 Å². The van der Waals surface area contributed by atoms with E-state index in [1.807, 2.05) is 13.8 Å². The van der Waals surface area contributed by atoms with Crippen molar-refractivity contribution in [3.8, 4) is 0 Å². The Morgan fingerprint density at radius 2 is 2.29 bits per heavy atom. The van der Waals surface area contributed by atoms with Crippen LogP contribution in [0.15, 0.2) is 6.20 Å². The maximum atomic E-state index is 11.9. The zero-order valence-corrected chi connectivity index (χ0v) is 11.2. The van der Waals surface area contributed by atoms with Crippen molar-refractivity contribution in [2.45, 2.75) is 26.8 Å². The number of hydrogen-bond acceptors (Lipinski definition) is 4. The molecule has 0 aliphatic rings. The molecule has 1 heterocycles. The molecule has 17 heavy (non-hydrogen) atoms. The van der Waals surface area contributed by atoms with Crippen molar-refractivity contribution < 1.29 is 4.79 Å². The first-order valence-corrected chi connectivity index (χ1v) is 5.84. The molecule has 1 aromatic rings. The van der Waals surface area contributed by atoms with Crippen LogP contribution >= 0.6 is 11.6 Å². The second-order valence-electron chi connectivity index (χ2n) is 3.89. The summed E-state index contributed by atoms with van der Waals surface area (Å²) < 4.78 is 0. The van der Waals surface area contributed by atoms with Gasteiger partial charge in [-0.25, -0.2) is 9.97 Å². The molecule has 0 saturated heterocycles. The quantitative estimate of drug-likeness (QED) is 0.834. The van der Waals surface area contributed by atoms with Gasteiger partial charge in [0.2, 0.25) is 11.2 Å². The minimum absolute atomic E-state index is 0.0154. The van der Waals surface area contributed by atoms with Gasteiger partial charge < -0.3 is 10.2 Å². The fourth-order valence-corrected chi connectivity index (χ4v) is 1.45. The smallest absolute Gasteiger partial charge is 0.244 e. The Morgan fingerprint density at radius 3 is 2.88 bits per heavy atom. The molecule has 0 aromatic carbocycles. The van der Waals surface area contributed by atoms with E-state index in [0.717, 1.165) is 5.56 Å². The number of carbonyl (C=O) groups is 1. The van der Waals surface area contributed by atoms with Crippen molar-refractivity contribution in [2.75, 3.05) is 18.9 Å². The van der Waals surface area contributed by atoms with Crippen molar-refractivity contribution in [2.24, 2.45) is 0 Å². The van der Waals surface area contributed by atoms with Crippen LogP contribution in [-0.2, 0) is 4.79 Å². The molecule has 0 spiro atoms. The molecular weight excluding hydrogens is 240 g/mol. The Morgan fingerprint density at radius 1 is 1.65 bits per heavy atom. The van der Waals surface area contributed by atoms with Crippen LogP contribution in [0.25, 0.3) is 0 Å². The molecule has 1 atom stereocenters. The molecule has 94 valence electrons. The standard InChI is InChI=1S/C11H17ClN4O/c1-5-16(4)10(17)8(3)14-9-7(2)6-13-11(12)15-9/h6,8H,5H2,1-4H3,(H,13,14,15).